The molecule has 0 spiro atoms. The van der Waals surface area contributed by atoms with Crippen LogP contribution in [-0.4, -0.2) is 103 Å². The average Bonchev–Trinajstić information content (AvgIpc) is 3.61. The van der Waals surface area contributed by atoms with Crippen LogP contribution in [0.3, 0.4) is 0 Å². The molecule has 0 aromatic heterocycles. The van der Waals surface area contributed by atoms with Gasteiger partial charge in [0, 0.05) is 58.4 Å². The molecule has 1 saturated heterocycles. The Labute approximate surface area is 214 Å². The average molecular weight is 571 g/mol. The minimum atomic E-state index is -0.485. The maximum Gasteiger partial charge on any atom is 0.234 e. The summed E-state index contributed by atoms with van der Waals surface area (Å²) in [7, 11) is 0. The summed E-state index contributed by atoms with van der Waals surface area (Å²) in [6, 6.07) is 9.00. The number of aliphatic hydroxyl groups is 1. The third-order valence-corrected chi connectivity index (χ3v) is 6.45. The molecule has 2 fully saturated rings. The van der Waals surface area contributed by atoms with Crippen molar-refractivity contribution in [3.63, 3.8) is 0 Å². The van der Waals surface area contributed by atoms with Crippen molar-refractivity contribution in [1.82, 2.24) is 25.3 Å². The molecule has 1 aromatic carbocycles. The van der Waals surface area contributed by atoms with Crippen LogP contribution in [-0.2, 0) is 17.8 Å². The smallest absolute Gasteiger partial charge is 0.234 e. The Balaban J connectivity index is 0.00000306. The summed E-state index contributed by atoms with van der Waals surface area (Å²) < 4.78 is 0. The van der Waals surface area contributed by atoms with Crippen molar-refractivity contribution < 1.29 is 9.90 Å². The van der Waals surface area contributed by atoms with Gasteiger partial charge in [-0.1, -0.05) is 24.3 Å². The van der Waals surface area contributed by atoms with E-state index >= 15 is 0 Å². The molecule has 33 heavy (non-hydrogen) atoms. The predicted octanol–water partition coefficient (Wildman–Crippen LogP) is 0.885. The van der Waals surface area contributed by atoms with Crippen molar-refractivity contribution in [2.75, 3.05) is 58.9 Å². The topological polar surface area (TPSA) is 83.4 Å². The molecule has 8 nitrogen and oxygen atoms in total. The highest BCUT2D eigenvalue weighted by molar-refractivity contribution is 14.0. The number of hydrogen-bond donors (Lipinski definition) is 3. The van der Waals surface area contributed by atoms with E-state index in [1.54, 1.807) is 0 Å². The molecule has 1 aromatic rings. The molecule has 9 heteroatoms. The van der Waals surface area contributed by atoms with Crippen LogP contribution in [0.25, 0.3) is 0 Å². The molecule has 2 aliphatic heterocycles. The van der Waals surface area contributed by atoms with Gasteiger partial charge in [0.1, 0.15) is 0 Å². The van der Waals surface area contributed by atoms with Crippen LogP contribution in [0.1, 0.15) is 30.9 Å². The highest BCUT2D eigenvalue weighted by Crippen LogP contribution is 2.19. The standard InChI is InChI=1S/C24H38N6O2.HI/c1-2-25-24(30-13-11-28(12-14-30)18-23(32)27-21-7-8-21)26-15-22(31)17-29-10-9-19-5-3-4-6-20(19)16-29;/h3-6,21-22,31H,2,7-18H2,1H3,(H,25,26)(H,27,32);1H. The molecule has 1 unspecified atom stereocenters. The molecule has 2 heterocycles. The number of piperazine rings is 1. The van der Waals surface area contributed by atoms with Gasteiger partial charge >= 0.3 is 0 Å². The van der Waals surface area contributed by atoms with E-state index in [1.165, 1.54) is 11.1 Å². The molecule has 1 amide bonds. The van der Waals surface area contributed by atoms with E-state index in [2.05, 4.69) is 56.5 Å². The second-order valence-corrected chi connectivity index (χ2v) is 9.21. The monoisotopic (exact) mass is 570 g/mol. The largest absolute Gasteiger partial charge is 0.390 e. The maximum absolute atomic E-state index is 12.1. The molecule has 1 atom stereocenters. The Morgan fingerprint density at radius 2 is 1.85 bits per heavy atom. The summed E-state index contributed by atoms with van der Waals surface area (Å²) in [6.07, 6.45) is 2.80. The fraction of sp³-hybridized carbons (Fsp3) is 0.667. The first kappa shape index (κ1) is 26.2. The quantitative estimate of drug-likeness (QED) is 0.245. The van der Waals surface area contributed by atoms with Crippen LogP contribution in [0, 0.1) is 0 Å². The van der Waals surface area contributed by atoms with Crippen molar-refractivity contribution in [3.8, 4) is 0 Å². The first-order valence-electron chi connectivity index (χ1n) is 12.1. The van der Waals surface area contributed by atoms with E-state index in [9.17, 15) is 9.90 Å². The van der Waals surface area contributed by atoms with Gasteiger partial charge in [-0.2, -0.15) is 0 Å². The highest BCUT2D eigenvalue weighted by Gasteiger charge is 2.26. The highest BCUT2D eigenvalue weighted by atomic mass is 127. The lowest BCUT2D eigenvalue weighted by molar-refractivity contribution is -0.122. The number of nitrogens with zero attached hydrogens (tertiary/aromatic N) is 4. The Morgan fingerprint density at radius 3 is 2.55 bits per heavy atom. The van der Waals surface area contributed by atoms with Gasteiger partial charge in [-0.05, 0) is 37.3 Å². The van der Waals surface area contributed by atoms with Crippen LogP contribution >= 0.6 is 24.0 Å². The number of fused-ring (bicyclic) bond motifs is 1. The van der Waals surface area contributed by atoms with Gasteiger partial charge in [-0.3, -0.25) is 19.6 Å². The number of rotatable bonds is 8. The number of benzene rings is 1. The number of halogens is 1. The number of hydrogen-bond acceptors (Lipinski definition) is 5. The molecule has 0 radical (unpaired) electrons. The number of aliphatic imine (C=N–C) groups is 1. The lowest BCUT2D eigenvalue weighted by Gasteiger charge is -2.36. The fourth-order valence-corrected chi connectivity index (χ4v) is 4.51. The second-order valence-electron chi connectivity index (χ2n) is 9.21. The van der Waals surface area contributed by atoms with Gasteiger partial charge in [0.25, 0.3) is 0 Å². The number of guanidine groups is 1. The Bertz CT molecular complexity index is 795. The first-order valence-corrected chi connectivity index (χ1v) is 12.1. The van der Waals surface area contributed by atoms with Gasteiger partial charge in [-0.15, -0.1) is 24.0 Å². The van der Waals surface area contributed by atoms with Crippen LogP contribution in [0.15, 0.2) is 29.3 Å². The van der Waals surface area contributed by atoms with Crippen molar-refractivity contribution in [2.24, 2.45) is 4.99 Å². The number of nitrogens with one attached hydrogen (secondary N) is 2. The van der Waals surface area contributed by atoms with E-state index in [4.69, 9.17) is 4.99 Å². The van der Waals surface area contributed by atoms with Gasteiger partial charge < -0.3 is 20.6 Å². The van der Waals surface area contributed by atoms with E-state index in [0.717, 1.165) is 71.0 Å². The van der Waals surface area contributed by atoms with E-state index in [1.807, 2.05) is 0 Å². The Kier molecular flexibility index (Phi) is 10.2. The molecule has 4 rings (SSSR count). The predicted molar refractivity (Wildman–Crippen MR) is 142 cm³/mol. The summed E-state index contributed by atoms with van der Waals surface area (Å²) in [5.41, 5.74) is 2.79. The van der Waals surface area contributed by atoms with Gasteiger partial charge in [0.05, 0.1) is 19.2 Å². The molecule has 1 aliphatic carbocycles. The van der Waals surface area contributed by atoms with Crippen LogP contribution in [0.4, 0.5) is 0 Å². The number of aliphatic hydroxyl groups excluding tert-OH is 1. The van der Waals surface area contributed by atoms with Gasteiger partial charge in [0.2, 0.25) is 5.91 Å². The van der Waals surface area contributed by atoms with Gasteiger partial charge in [-0.25, -0.2) is 0 Å². The van der Waals surface area contributed by atoms with Crippen molar-refractivity contribution in [3.05, 3.63) is 35.4 Å². The zero-order valence-corrected chi connectivity index (χ0v) is 22.0. The molecular formula is C24H39IN6O2. The molecular weight excluding hydrogens is 531 g/mol. The minimum Gasteiger partial charge on any atom is -0.390 e. The normalized spacial score (nSPS) is 20.5. The van der Waals surface area contributed by atoms with E-state index in [-0.39, 0.29) is 29.9 Å². The number of carbonyl (C=O) groups is 1. The SMILES string of the molecule is CCNC(=NCC(O)CN1CCc2ccccc2C1)N1CCN(CC(=O)NC2CC2)CC1.I. The second kappa shape index (κ2) is 12.9. The maximum atomic E-state index is 12.1. The Hall–Kier alpha value is -1.43. The summed E-state index contributed by atoms with van der Waals surface area (Å²) in [4.78, 5) is 23.6. The molecule has 3 aliphatic rings. The minimum absolute atomic E-state index is 0. The summed E-state index contributed by atoms with van der Waals surface area (Å²) in [5.74, 6) is 1.00. The first-order chi connectivity index (χ1) is 15.6. The molecule has 1 saturated carbocycles. The third kappa shape index (κ3) is 8.08. The lowest BCUT2D eigenvalue weighted by atomic mass is 10.00. The van der Waals surface area contributed by atoms with Gasteiger partial charge in [0.15, 0.2) is 5.96 Å². The third-order valence-electron chi connectivity index (χ3n) is 6.45. The Morgan fingerprint density at radius 1 is 1.12 bits per heavy atom. The van der Waals surface area contributed by atoms with Crippen LogP contribution < -0.4 is 10.6 Å². The van der Waals surface area contributed by atoms with Crippen LogP contribution in [0.2, 0.25) is 0 Å². The molecule has 0 bridgehead atoms. The van der Waals surface area contributed by atoms with Crippen molar-refractivity contribution >= 4 is 35.8 Å². The summed E-state index contributed by atoms with van der Waals surface area (Å²) in [6.45, 7) is 9.61. The lowest BCUT2D eigenvalue weighted by Crippen LogP contribution is -2.54. The zero-order valence-electron chi connectivity index (χ0n) is 19.7. The fourth-order valence-electron chi connectivity index (χ4n) is 4.51. The zero-order chi connectivity index (χ0) is 22.3. The number of amides is 1. The van der Waals surface area contributed by atoms with E-state index < -0.39 is 6.10 Å². The van der Waals surface area contributed by atoms with Crippen LogP contribution in [0.5, 0.6) is 0 Å². The number of carbonyl (C=O) groups excluding carboxylic acids is 1. The number of β-amino-alcohol motifs (C(OH)–C–C–N with tert-alkyl or cyclic N) is 1. The molecule has 3 N–H and O–H groups in total. The summed E-state index contributed by atoms with van der Waals surface area (Å²) >= 11 is 0. The van der Waals surface area contributed by atoms with Crippen molar-refractivity contribution in [1.29, 1.82) is 0 Å². The summed E-state index contributed by atoms with van der Waals surface area (Å²) in [5, 5.41) is 17.1. The van der Waals surface area contributed by atoms with E-state index in [0.29, 0.717) is 25.7 Å². The molecule has 184 valence electrons. The van der Waals surface area contributed by atoms with Crippen molar-refractivity contribution in [2.45, 2.75) is 44.9 Å².